The van der Waals surface area contributed by atoms with Crippen molar-refractivity contribution in [1.29, 1.82) is 0 Å². The molecule has 2 aromatic heterocycles. The van der Waals surface area contributed by atoms with Gasteiger partial charge in [-0.05, 0) is 25.7 Å². The molecule has 3 rings (SSSR count). The van der Waals surface area contributed by atoms with Crippen molar-refractivity contribution in [3.63, 3.8) is 0 Å². The minimum atomic E-state index is 0.0427. The van der Waals surface area contributed by atoms with E-state index >= 15 is 0 Å². The Hall–Kier alpha value is -1.35. The maximum absolute atomic E-state index is 4.21. The number of allylic oxidation sites excluding steroid dienone is 1. The Labute approximate surface area is 124 Å². The first-order valence-electron chi connectivity index (χ1n) is 7.53. The van der Waals surface area contributed by atoms with E-state index in [4.69, 9.17) is 0 Å². The normalized spacial score (nSPS) is 17.4. The van der Waals surface area contributed by atoms with Crippen LogP contribution in [0.1, 0.15) is 55.4 Å². The molecule has 0 aromatic carbocycles. The van der Waals surface area contributed by atoms with Crippen molar-refractivity contribution in [2.45, 2.75) is 51.4 Å². The molecule has 1 atom stereocenters. The Bertz CT molecular complexity index is 574. The van der Waals surface area contributed by atoms with Gasteiger partial charge in [-0.25, -0.2) is 4.98 Å². The Morgan fingerprint density at radius 1 is 1.40 bits per heavy atom. The van der Waals surface area contributed by atoms with Gasteiger partial charge >= 0.3 is 0 Å². The summed E-state index contributed by atoms with van der Waals surface area (Å²) >= 11 is 0. The summed E-state index contributed by atoms with van der Waals surface area (Å²) < 4.78 is 2.24. The maximum Gasteiger partial charge on any atom is 0.186 e. The van der Waals surface area contributed by atoms with E-state index in [9.17, 15) is 0 Å². The largest absolute Gasteiger partial charge is 0.240 e. The van der Waals surface area contributed by atoms with E-state index in [0.717, 1.165) is 12.3 Å². The summed E-state index contributed by atoms with van der Waals surface area (Å²) in [5.41, 5.74) is 2.86. The van der Waals surface area contributed by atoms with Crippen molar-refractivity contribution < 1.29 is 0 Å². The number of thiophene rings is 1. The van der Waals surface area contributed by atoms with Gasteiger partial charge in [-0.1, -0.05) is 31.4 Å². The molecule has 1 saturated carbocycles. The quantitative estimate of drug-likeness (QED) is 0.564. The molecule has 2 heterocycles. The molecule has 0 radical (unpaired) electrons. The maximum atomic E-state index is 4.21. The fourth-order valence-electron chi connectivity index (χ4n) is 3.22. The number of aromatic nitrogens is 2. The summed E-state index contributed by atoms with van der Waals surface area (Å²) in [6.07, 6.45) is 13.8. The average Bonchev–Trinajstić information content (AvgIpc) is 3.08. The highest BCUT2D eigenvalue weighted by Crippen LogP contribution is 2.41. The van der Waals surface area contributed by atoms with E-state index in [1.165, 1.54) is 37.7 Å². The van der Waals surface area contributed by atoms with Gasteiger partial charge in [0.2, 0.25) is 0 Å². The SMILES string of the molecule is C=C(C)Cc1c(C2CCCCC2)cc[s+]1-n1ccnc1. The van der Waals surface area contributed by atoms with Crippen LogP contribution < -0.4 is 0 Å². The van der Waals surface area contributed by atoms with Gasteiger partial charge in [0, 0.05) is 18.1 Å². The molecule has 0 spiro atoms. The first kappa shape index (κ1) is 13.6. The van der Waals surface area contributed by atoms with Gasteiger partial charge in [-0.3, -0.25) is 0 Å². The van der Waals surface area contributed by atoms with E-state index < -0.39 is 0 Å². The second kappa shape index (κ2) is 5.96. The molecule has 106 valence electrons. The van der Waals surface area contributed by atoms with Crippen LogP contribution in [0.2, 0.25) is 0 Å². The summed E-state index contributed by atoms with van der Waals surface area (Å²) in [4.78, 5) is 5.78. The fourth-order valence-corrected chi connectivity index (χ4v) is 5.27. The molecule has 0 bridgehead atoms. The van der Waals surface area contributed by atoms with Crippen LogP contribution in [0, 0.1) is 0 Å². The Morgan fingerprint density at radius 2 is 2.20 bits per heavy atom. The highest BCUT2D eigenvalue weighted by atomic mass is 32.2. The zero-order chi connectivity index (χ0) is 13.9. The fraction of sp³-hybridized carbons (Fsp3) is 0.471. The third-order valence-corrected chi connectivity index (χ3v) is 6.11. The van der Waals surface area contributed by atoms with E-state index in [0.29, 0.717) is 0 Å². The third kappa shape index (κ3) is 2.73. The summed E-state index contributed by atoms with van der Waals surface area (Å²) in [6.45, 7) is 6.27. The smallest absolute Gasteiger partial charge is 0.186 e. The molecule has 3 heteroatoms. The van der Waals surface area contributed by atoms with Gasteiger partial charge in [0.1, 0.15) is 17.0 Å². The van der Waals surface area contributed by atoms with Crippen LogP contribution in [0.3, 0.4) is 0 Å². The van der Waals surface area contributed by atoms with Gasteiger partial charge in [0.05, 0.1) is 12.4 Å². The molecule has 0 amide bonds. The average molecular weight is 287 g/mol. The molecule has 0 saturated heterocycles. The first-order valence-corrected chi connectivity index (χ1v) is 8.77. The van der Waals surface area contributed by atoms with Crippen LogP contribution in [-0.2, 0) is 6.42 Å². The lowest BCUT2D eigenvalue weighted by atomic mass is 9.84. The van der Waals surface area contributed by atoms with Gasteiger partial charge in [-0.2, -0.15) is 0 Å². The van der Waals surface area contributed by atoms with E-state index in [1.54, 1.807) is 10.4 Å². The monoisotopic (exact) mass is 287 g/mol. The molecule has 1 aliphatic carbocycles. The summed E-state index contributed by atoms with van der Waals surface area (Å²) in [5.74, 6) is 0.773. The van der Waals surface area contributed by atoms with Crippen molar-refractivity contribution in [2.75, 3.05) is 0 Å². The van der Waals surface area contributed by atoms with E-state index in [2.05, 4.69) is 40.1 Å². The molecule has 1 aliphatic rings. The molecular formula is C17H23N2S+. The highest BCUT2D eigenvalue weighted by Gasteiger charge is 2.27. The van der Waals surface area contributed by atoms with Crippen LogP contribution in [0.25, 0.3) is 0 Å². The standard InChI is InChI=1S/C17H23N2S/c1-14(2)12-17-16(15-6-4-3-5-7-15)8-11-20(17)19-10-9-18-13-19/h8-11,13,15H,1,3-7,12H2,2H3/q+1. The van der Waals surface area contributed by atoms with E-state index in [-0.39, 0.29) is 10.7 Å². The predicted molar refractivity (Wildman–Crippen MR) is 86.3 cm³/mol. The van der Waals surface area contributed by atoms with Crippen molar-refractivity contribution in [1.82, 2.24) is 8.96 Å². The van der Waals surface area contributed by atoms with Crippen molar-refractivity contribution >= 4 is 10.7 Å². The van der Waals surface area contributed by atoms with E-state index in [1.807, 2.05) is 12.5 Å². The number of hydrogen-bond acceptors (Lipinski definition) is 1. The van der Waals surface area contributed by atoms with Crippen molar-refractivity contribution in [3.05, 3.63) is 52.8 Å². The minimum absolute atomic E-state index is 0.0427. The molecule has 2 aromatic rings. The second-order valence-corrected chi connectivity index (χ2v) is 7.70. The Kier molecular flexibility index (Phi) is 4.06. The van der Waals surface area contributed by atoms with Crippen LogP contribution >= 0.6 is 10.7 Å². The first-order chi connectivity index (χ1) is 9.75. The second-order valence-electron chi connectivity index (χ2n) is 5.89. The predicted octanol–water partition coefficient (Wildman–Crippen LogP) is 5.11. The number of hydrogen-bond donors (Lipinski definition) is 0. The Morgan fingerprint density at radius 3 is 2.85 bits per heavy atom. The number of nitrogens with zero attached hydrogens (tertiary/aromatic N) is 2. The molecular weight excluding hydrogens is 264 g/mol. The summed E-state index contributed by atoms with van der Waals surface area (Å²) in [5, 5.41) is 2.36. The van der Waals surface area contributed by atoms with Gasteiger partial charge in [0.15, 0.2) is 10.3 Å². The highest BCUT2D eigenvalue weighted by molar-refractivity contribution is 7.28. The van der Waals surface area contributed by atoms with Crippen LogP contribution in [0.4, 0.5) is 0 Å². The summed E-state index contributed by atoms with van der Waals surface area (Å²) in [7, 11) is 0.0427. The van der Waals surface area contributed by atoms with Crippen LogP contribution in [-0.4, -0.2) is 8.96 Å². The number of rotatable bonds is 4. The summed E-state index contributed by atoms with van der Waals surface area (Å²) in [6, 6.07) is 2.39. The molecule has 1 fully saturated rings. The molecule has 20 heavy (non-hydrogen) atoms. The Balaban J connectivity index is 1.99. The molecule has 1 unspecified atom stereocenters. The van der Waals surface area contributed by atoms with Gasteiger partial charge < -0.3 is 0 Å². The zero-order valence-electron chi connectivity index (χ0n) is 12.2. The lowest BCUT2D eigenvalue weighted by molar-refractivity contribution is 0.443. The molecule has 2 nitrogen and oxygen atoms in total. The van der Waals surface area contributed by atoms with Crippen LogP contribution in [0.5, 0.6) is 0 Å². The van der Waals surface area contributed by atoms with Crippen LogP contribution in [0.15, 0.2) is 42.3 Å². The lowest BCUT2D eigenvalue weighted by Crippen LogP contribution is -2.06. The van der Waals surface area contributed by atoms with Crippen molar-refractivity contribution in [3.8, 4) is 0 Å². The third-order valence-electron chi connectivity index (χ3n) is 4.17. The number of imidazole rings is 1. The lowest BCUT2D eigenvalue weighted by Gasteiger charge is -2.20. The van der Waals surface area contributed by atoms with Gasteiger partial charge in [0.25, 0.3) is 0 Å². The molecule has 0 N–H and O–H groups in total. The van der Waals surface area contributed by atoms with Crippen molar-refractivity contribution in [2.24, 2.45) is 0 Å². The van der Waals surface area contributed by atoms with Gasteiger partial charge in [-0.15, -0.1) is 3.97 Å². The molecule has 0 aliphatic heterocycles. The topological polar surface area (TPSA) is 17.8 Å². The minimum Gasteiger partial charge on any atom is -0.240 e. The zero-order valence-corrected chi connectivity index (χ0v) is 13.0.